The lowest BCUT2D eigenvalue weighted by atomic mass is 10.3. The molecule has 10 nitrogen and oxygen atoms in total. The van der Waals surface area contributed by atoms with Crippen LogP contribution < -0.4 is 22.0 Å². The summed E-state index contributed by atoms with van der Waals surface area (Å²) in [5.41, 5.74) is 15.4. The number of aromatic nitrogens is 3. The van der Waals surface area contributed by atoms with E-state index in [4.69, 9.17) is 5.73 Å². The van der Waals surface area contributed by atoms with Crippen LogP contribution in [0.25, 0.3) is 0 Å². The molecule has 0 atom stereocenters. The molecule has 25 heavy (non-hydrogen) atoms. The first kappa shape index (κ1) is 16.9. The summed E-state index contributed by atoms with van der Waals surface area (Å²) in [7, 11) is 2.09. The number of nitrogens with two attached hydrogens (primary N) is 1. The van der Waals surface area contributed by atoms with Crippen molar-refractivity contribution in [2.45, 2.75) is 0 Å². The second kappa shape index (κ2) is 7.73. The lowest BCUT2D eigenvalue weighted by Gasteiger charge is -2.32. The van der Waals surface area contributed by atoms with Crippen LogP contribution in [-0.4, -0.2) is 64.0 Å². The number of carbonyl (C=O) groups excluding carboxylic acids is 1. The van der Waals surface area contributed by atoms with Gasteiger partial charge in [-0.15, -0.1) is 0 Å². The van der Waals surface area contributed by atoms with Crippen molar-refractivity contribution in [3.05, 3.63) is 36.4 Å². The summed E-state index contributed by atoms with van der Waals surface area (Å²) in [6.45, 7) is 3.65. The molecular formula is C15H21N9O. The molecule has 1 fully saturated rings. The molecule has 2 aromatic heterocycles. The van der Waals surface area contributed by atoms with E-state index in [9.17, 15) is 4.79 Å². The van der Waals surface area contributed by atoms with Crippen molar-refractivity contribution in [1.29, 1.82) is 0 Å². The summed E-state index contributed by atoms with van der Waals surface area (Å²) in [5, 5.41) is 2.05. The number of nitrogen functional groups attached to an aromatic ring is 1. The highest BCUT2D eigenvalue weighted by atomic mass is 16.2. The Balaban J connectivity index is 1.62. The Morgan fingerprint density at radius 2 is 1.80 bits per heavy atom. The number of nitrogens with zero attached hydrogens (tertiary/aromatic N) is 5. The monoisotopic (exact) mass is 343 g/mol. The third-order valence-corrected chi connectivity index (χ3v) is 3.89. The van der Waals surface area contributed by atoms with Crippen molar-refractivity contribution in [3.63, 3.8) is 0 Å². The van der Waals surface area contributed by atoms with E-state index in [-0.39, 0.29) is 5.91 Å². The zero-order valence-electron chi connectivity index (χ0n) is 13.9. The molecule has 5 N–H and O–H groups in total. The van der Waals surface area contributed by atoms with E-state index in [2.05, 4.69) is 48.2 Å². The molecule has 0 saturated carbocycles. The van der Waals surface area contributed by atoms with E-state index in [1.165, 1.54) is 6.33 Å². The number of hydrogen-bond donors (Lipinski definition) is 4. The maximum absolute atomic E-state index is 12.0. The largest absolute Gasteiger partial charge is 0.393 e. The summed E-state index contributed by atoms with van der Waals surface area (Å²) >= 11 is 0. The van der Waals surface area contributed by atoms with Gasteiger partial charge in [-0.3, -0.25) is 20.6 Å². The number of piperazine rings is 1. The van der Waals surface area contributed by atoms with Crippen molar-refractivity contribution in [1.82, 2.24) is 30.3 Å². The maximum Gasteiger partial charge on any atom is 0.269 e. The number of hydrazine groups is 2. The van der Waals surface area contributed by atoms with Gasteiger partial charge in [0, 0.05) is 44.1 Å². The summed E-state index contributed by atoms with van der Waals surface area (Å²) in [5.74, 6) is 0.517. The molecular weight excluding hydrogens is 322 g/mol. The Morgan fingerprint density at radius 1 is 1.12 bits per heavy atom. The minimum Gasteiger partial charge on any atom is -0.393 e. The lowest BCUT2D eigenvalue weighted by Crippen LogP contribution is -2.47. The standard InChI is InChI=1S/C15H21N9O/c1-23-6-8-24(9-7-23)22-14-12(16)13(18-10-19-14)20-21-15(25)11-2-4-17-5-3-11/h2-5,10H,6-9,16H2,1H3,(H,21,25)(H2,18,19,20,22). The Bertz CT molecular complexity index is 716. The zero-order valence-corrected chi connectivity index (χ0v) is 13.9. The number of anilines is 3. The fraction of sp³-hybridized carbons (Fsp3) is 0.333. The Morgan fingerprint density at radius 3 is 2.52 bits per heavy atom. The molecule has 3 heterocycles. The lowest BCUT2D eigenvalue weighted by molar-refractivity contribution is 0.0962. The number of nitrogens with one attached hydrogen (secondary N) is 3. The van der Waals surface area contributed by atoms with Crippen LogP contribution in [0.4, 0.5) is 17.3 Å². The predicted octanol–water partition coefficient (Wildman–Crippen LogP) is -0.215. The average Bonchev–Trinajstić information content (AvgIpc) is 2.64. The molecule has 1 saturated heterocycles. The minimum absolute atomic E-state index is 0.311. The second-order valence-electron chi connectivity index (χ2n) is 5.70. The van der Waals surface area contributed by atoms with E-state index in [1.54, 1.807) is 24.5 Å². The van der Waals surface area contributed by atoms with E-state index in [0.29, 0.717) is 22.9 Å². The van der Waals surface area contributed by atoms with Crippen molar-refractivity contribution in [3.8, 4) is 0 Å². The topological polar surface area (TPSA) is 124 Å². The van der Waals surface area contributed by atoms with Crippen LogP contribution >= 0.6 is 0 Å². The molecule has 132 valence electrons. The molecule has 0 unspecified atom stereocenters. The summed E-state index contributed by atoms with van der Waals surface area (Å²) < 4.78 is 0. The summed E-state index contributed by atoms with van der Waals surface area (Å²) in [4.78, 5) is 26.4. The Labute approximate surface area is 145 Å². The van der Waals surface area contributed by atoms with Crippen molar-refractivity contribution in [2.75, 3.05) is 49.8 Å². The molecule has 0 spiro atoms. The van der Waals surface area contributed by atoms with E-state index in [1.807, 2.05) is 0 Å². The van der Waals surface area contributed by atoms with Crippen LogP contribution in [-0.2, 0) is 0 Å². The van der Waals surface area contributed by atoms with Crippen LogP contribution in [0.1, 0.15) is 10.4 Å². The van der Waals surface area contributed by atoms with Gasteiger partial charge in [0.25, 0.3) is 5.91 Å². The number of carbonyl (C=O) groups is 1. The quantitative estimate of drug-likeness (QED) is 0.546. The number of pyridine rings is 1. The molecule has 3 rings (SSSR count). The third-order valence-electron chi connectivity index (χ3n) is 3.89. The van der Waals surface area contributed by atoms with Gasteiger partial charge in [-0.05, 0) is 19.2 Å². The molecule has 2 aromatic rings. The third kappa shape index (κ3) is 4.31. The van der Waals surface area contributed by atoms with Crippen LogP contribution in [0.3, 0.4) is 0 Å². The van der Waals surface area contributed by atoms with Crippen LogP contribution in [0.2, 0.25) is 0 Å². The summed E-state index contributed by atoms with van der Waals surface area (Å²) in [6, 6.07) is 3.22. The van der Waals surface area contributed by atoms with Crippen LogP contribution in [0.15, 0.2) is 30.9 Å². The number of amides is 1. The predicted molar refractivity (Wildman–Crippen MR) is 94.5 cm³/mol. The molecule has 1 aliphatic rings. The molecule has 1 aliphatic heterocycles. The number of rotatable bonds is 5. The van der Waals surface area contributed by atoms with Gasteiger partial charge in [-0.1, -0.05) is 0 Å². The van der Waals surface area contributed by atoms with Crippen LogP contribution in [0, 0.1) is 0 Å². The first-order valence-electron chi connectivity index (χ1n) is 7.90. The van der Waals surface area contributed by atoms with Gasteiger partial charge in [0.15, 0.2) is 11.6 Å². The van der Waals surface area contributed by atoms with Gasteiger partial charge in [0.05, 0.1) is 0 Å². The number of likely N-dealkylation sites (N-methyl/N-ethyl adjacent to an activating group) is 1. The minimum atomic E-state index is -0.311. The van der Waals surface area contributed by atoms with Gasteiger partial charge in [0.2, 0.25) is 0 Å². The Hall–Kier alpha value is -2.98. The van der Waals surface area contributed by atoms with E-state index >= 15 is 0 Å². The van der Waals surface area contributed by atoms with Gasteiger partial charge in [-0.25, -0.2) is 15.0 Å². The van der Waals surface area contributed by atoms with Crippen molar-refractivity contribution < 1.29 is 4.79 Å². The normalized spacial score (nSPS) is 15.6. The zero-order chi connectivity index (χ0) is 17.6. The van der Waals surface area contributed by atoms with E-state index in [0.717, 1.165) is 26.2 Å². The maximum atomic E-state index is 12.0. The van der Waals surface area contributed by atoms with E-state index < -0.39 is 0 Å². The highest BCUT2D eigenvalue weighted by Gasteiger charge is 2.16. The summed E-state index contributed by atoms with van der Waals surface area (Å²) in [6.07, 6.45) is 4.48. The molecule has 0 aromatic carbocycles. The second-order valence-corrected chi connectivity index (χ2v) is 5.70. The fourth-order valence-electron chi connectivity index (χ4n) is 2.34. The van der Waals surface area contributed by atoms with Gasteiger partial charge in [0.1, 0.15) is 12.0 Å². The highest BCUT2D eigenvalue weighted by molar-refractivity contribution is 5.95. The smallest absolute Gasteiger partial charge is 0.269 e. The molecule has 10 heteroatoms. The number of hydrogen-bond acceptors (Lipinski definition) is 9. The fourth-order valence-corrected chi connectivity index (χ4v) is 2.34. The van der Waals surface area contributed by atoms with Crippen molar-refractivity contribution in [2.24, 2.45) is 0 Å². The Kier molecular flexibility index (Phi) is 5.21. The first-order valence-corrected chi connectivity index (χ1v) is 7.90. The molecule has 0 aliphatic carbocycles. The van der Waals surface area contributed by atoms with Gasteiger partial charge < -0.3 is 16.1 Å². The average molecular weight is 343 g/mol. The molecule has 0 bridgehead atoms. The molecule has 1 amide bonds. The van der Waals surface area contributed by atoms with Gasteiger partial charge in [-0.2, -0.15) is 0 Å². The van der Waals surface area contributed by atoms with Crippen LogP contribution in [0.5, 0.6) is 0 Å². The first-order chi connectivity index (χ1) is 12.1. The highest BCUT2D eigenvalue weighted by Crippen LogP contribution is 2.22. The van der Waals surface area contributed by atoms with Gasteiger partial charge >= 0.3 is 0 Å². The molecule has 0 radical (unpaired) electrons. The van der Waals surface area contributed by atoms with Crippen molar-refractivity contribution >= 4 is 23.2 Å². The SMILES string of the molecule is CN1CCN(Nc2ncnc(NNC(=O)c3ccncc3)c2N)CC1.